The summed E-state index contributed by atoms with van der Waals surface area (Å²) in [6.45, 7) is 7.20. The zero-order valence-electron chi connectivity index (χ0n) is 17.9. The number of benzene rings is 2. The summed E-state index contributed by atoms with van der Waals surface area (Å²) in [6, 6.07) is 18.2. The number of hydrogen-bond donors (Lipinski definition) is 0. The van der Waals surface area contributed by atoms with Crippen molar-refractivity contribution in [3.63, 3.8) is 0 Å². The predicted molar refractivity (Wildman–Crippen MR) is 122 cm³/mol. The summed E-state index contributed by atoms with van der Waals surface area (Å²) >= 11 is 5.93. The van der Waals surface area contributed by atoms with Gasteiger partial charge in [-0.3, -0.25) is 14.9 Å². The smallest absolute Gasteiger partial charge is 0.288 e. The van der Waals surface area contributed by atoms with E-state index in [1.54, 1.807) is 11.0 Å². The normalized spacial score (nSPS) is 12.0. The van der Waals surface area contributed by atoms with Crippen LogP contribution in [0.1, 0.15) is 42.4 Å². The van der Waals surface area contributed by atoms with E-state index < -0.39 is 4.92 Å². The minimum atomic E-state index is -0.569. The molecular formula is C24H26ClN3O3. The molecular weight excluding hydrogens is 414 g/mol. The number of aromatic nitrogens is 1. The van der Waals surface area contributed by atoms with Gasteiger partial charge in [0.2, 0.25) is 0 Å². The molecule has 0 fully saturated rings. The first-order chi connectivity index (χ1) is 14.8. The lowest BCUT2D eigenvalue weighted by atomic mass is 10.0. The van der Waals surface area contributed by atoms with Crippen LogP contribution in [0, 0.1) is 16.0 Å². The molecule has 0 radical (unpaired) electrons. The van der Waals surface area contributed by atoms with Gasteiger partial charge >= 0.3 is 0 Å². The second-order valence-corrected chi connectivity index (χ2v) is 8.36. The number of nitro groups is 1. The largest absolute Gasteiger partial charge is 0.345 e. The van der Waals surface area contributed by atoms with Gasteiger partial charge in [-0.25, -0.2) is 0 Å². The lowest BCUT2D eigenvalue weighted by Crippen LogP contribution is -2.41. The molecule has 0 aliphatic rings. The molecule has 0 spiro atoms. The van der Waals surface area contributed by atoms with Crippen molar-refractivity contribution in [2.45, 2.75) is 39.9 Å². The molecule has 6 nitrogen and oxygen atoms in total. The number of rotatable bonds is 8. The van der Waals surface area contributed by atoms with Crippen LogP contribution in [0.25, 0.3) is 0 Å². The van der Waals surface area contributed by atoms with Crippen molar-refractivity contribution in [2.75, 3.05) is 0 Å². The molecule has 162 valence electrons. The van der Waals surface area contributed by atoms with Crippen LogP contribution in [0.15, 0.2) is 66.9 Å². The highest BCUT2D eigenvalue weighted by molar-refractivity contribution is 6.32. The topological polar surface area (TPSA) is 68.4 Å². The molecule has 0 saturated heterocycles. The Hall–Kier alpha value is -3.12. The van der Waals surface area contributed by atoms with E-state index in [1.807, 2.05) is 43.5 Å². The highest BCUT2D eigenvalue weighted by Crippen LogP contribution is 2.27. The van der Waals surface area contributed by atoms with E-state index in [1.165, 1.54) is 17.7 Å². The van der Waals surface area contributed by atoms with E-state index in [9.17, 15) is 14.9 Å². The van der Waals surface area contributed by atoms with Gasteiger partial charge in [-0.1, -0.05) is 55.8 Å². The molecule has 1 unspecified atom stereocenters. The summed E-state index contributed by atoms with van der Waals surface area (Å²) in [7, 11) is 0. The zero-order chi connectivity index (χ0) is 22.5. The molecule has 0 saturated carbocycles. The van der Waals surface area contributed by atoms with Crippen LogP contribution in [0.3, 0.4) is 0 Å². The molecule has 3 aromatic rings. The van der Waals surface area contributed by atoms with Crippen LogP contribution in [0.2, 0.25) is 5.02 Å². The van der Waals surface area contributed by atoms with Gasteiger partial charge < -0.3 is 9.47 Å². The molecule has 0 bridgehead atoms. The van der Waals surface area contributed by atoms with Crippen LogP contribution >= 0.6 is 11.6 Å². The van der Waals surface area contributed by atoms with E-state index in [2.05, 4.69) is 30.5 Å². The SMILES string of the molecule is CC(C)C(C)N(Cc1cccn1Cc1ccccc1)C(=O)c1ccc(Cl)c([N+](=O)[O-])c1. The fourth-order valence-electron chi connectivity index (χ4n) is 3.41. The maximum absolute atomic E-state index is 13.4. The van der Waals surface area contributed by atoms with Crippen molar-refractivity contribution in [2.24, 2.45) is 5.92 Å². The van der Waals surface area contributed by atoms with Gasteiger partial charge in [0.1, 0.15) is 5.02 Å². The first-order valence-electron chi connectivity index (χ1n) is 10.2. The van der Waals surface area contributed by atoms with Gasteiger partial charge in [0.15, 0.2) is 0 Å². The second-order valence-electron chi connectivity index (χ2n) is 7.95. The van der Waals surface area contributed by atoms with Crippen molar-refractivity contribution >= 4 is 23.2 Å². The monoisotopic (exact) mass is 439 g/mol. The Balaban J connectivity index is 1.91. The summed E-state index contributed by atoms with van der Waals surface area (Å²) in [5, 5.41) is 11.3. The maximum Gasteiger partial charge on any atom is 0.288 e. The van der Waals surface area contributed by atoms with Crippen LogP contribution in [-0.2, 0) is 13.1 Å². The van der Waals surface area contributed by atoms with Crippen molar-refractivity contribution in [1.82, 2.24) is 9.47 Å². The van der Waals surface area contributed by atoms with Gasteiger partial charge in [-0.15, -0.1) is 0 Å². The van der Waals surface area contributed by atoms with Gasteiger partial charge in [-0.05, 0) is 42.7 Å². The molecule has 0 N–H and O–H groups in total. The maximum atomic E-state index is 13.4. The van der Waals surface area contributed by atoms with E-state index in [0.29, 0.717) is 13.1 Å². The van der Waals surface area contributed by atoms with Gasteiger partial charge in [0, 0.05) is 36.1 Å². The molecule has 1 atom stereocenters. The molecule has 0 aliphatic heterocycles. The fraction of sp³-hybridized carbons (Fsp3) is 0.292. The molecule has 31 heavy (non-hydrogen) atoms. The molecule has 1 heterocycles. The number of hydrogen-bond acceptors (Lipinski definition) is 3. The number of nitro benzene ring substituents is 1. The summed E-state index contributed by atoms with van der Waals surface area (Å²) in [6.07, 6.45) is 2.00. The first kappa shape index (κ1) is 22.6. The average Bonchev–Trinajstić information content (AvgIpc) is 3.18. The highest BCUT2D eigenvalue weighted by Gasteiger charge is 2.26. The van der Waals surface area contributed by atoms with Gasteiger partial charge in [-0.2, -0.15) is 0 Å². The average molecular weight is 440 g/mol. The van der Waals surface area contributed by atoms with E-state index in [-0.39, 0.29) is 34.1 Å². The predicted octanol–water partition coefficient (Wildman–Crippen LogP) is 5.78. The first-order valence-corrected chi connectivity index (χ1v) is 10.6. The van der Waals surface area contributed by atoms with E-state index >= 15 is 0 Å². The van der Waals surface area contributed by atoms with Crippen molar-refractivity contribution < 1.29 is 9.72 Å². The van der Waals surface area contributed by atoms with Crippen LogP contribution < -0.4 is 0 Å². The summed E-state index contributed by atoms with van der Waals surface area (Å²) < 4.78 is 2.12. The number of carbonyl (C=O) groups excluding carboxylic acids is 1. The molecule has 1 amide bonds. The number of amides is 1. The van der Waals surface area contributed by atoms with Crippen molar-refractivity contribution in [1.29, 1.82) is 0 Å². The summed E-state index contributed by atoms with van der Waals surface area (Å²) in [4.78, 5) is 25.9. The Kier molecular flexibility index (Phi) is 7.13. The van der Waals surface area contributed by atoms with Crippen LogP contribution in [0.4, 0.5) is 5.69 Å². The van der Waals surface area contributed by atoms with E-state index in [4.69, 9.17) is 11.6 Å². The summed E-state index contributed by atoms with van der Waals surface area (Å²) in [5.41, 5.74) is 2.15. The summed E-state index contributed by atoms with van der Waals surface area (Å²) in [5.74, 6) is -0.0443. The van der Waals surface area contributed by atoms with Gasteiger partial charge in [0.25, 0.3) is 11.6 Å². The molecule has 3 rings (SSSR count). The van der Waals surface area contributed by atoms with Crippen LogP contribution in [-0.4, -0.2) is 26.3 Å². The Morgan fingerprint density at radius 1 is 1.10 bits per heavy atom. The quantitative estimate of drug-likeness (QED) is 0.329. The van der Waals surface area contributed by atoms with Crippen LogP contribution in [0.5, 0.6) is 0 Å². The minimum Gasteiger partial charge on any atom is -0.345 e. The number of carbonyl (C=O) groups is 1. The fourth-order valence-corrected chi connectivity index (χ4v) is 3.60. The molecule has 7 heteroatoms. The third kappa shape index (κ3) is 5.33. The number of nitrogens with zero attached hydrogens (tertiary/aromatic N) is 3. The second kappa shape index (κ2) is 9.79. The molecule has 0 aliphatic carbocycles. The van der Waals surface area contributed by atoms with Crippen molar-refractivity contribution in [3.8, 4) is 0 Å². The van der Waals surface area contributed by atoms with Gasteiger partial charge in [0.05, 0.1) is 11.5 Å². The standard InChI is InChI=1S/C24H26ClN3O3/c1-17(2)18(3)27(24(29)20-11-12-22(25)23(14-20)28(30)31)16-21-10-7-13-26(21)15-19-8-5-4-6-9-19/h4-14,17-18H,15-16H2,1-3H3. The molecule has 1 aromatic heterocycles. The minimum absolute atomic E-state index is 0.0155. The third-order valence-corrected chi connectivity index (χ3v) is 5.88. The Labute approximate surface area is 187 Å². The van der Waals surface area contributed by atoms with Crippen molar-refractivity contribution in [3.05, 3.63) is 98.8 Å². The Morgan fingerprint density at radius 2 is 1.81 bits per heavy atom. The number of halogens is 1. The Bertz CT molecular complexity index is 1060. The third-order valence-electron chi connectivity index (χ3n) is 5.56. The Morgan fingerprint density at radius 3 is 2.45 bits per heavy atom. The van der Waals surface area contributed by atoms with E-state index in [0.717, 1.165) is 5.69 Å². The molecule has 2 aromatic carbocycles. The lowest BCUT2D eigenvalue weighted by Gasteiger charge is -2.32. The lowest BCUT2D eigenvalue weighted by molar-refractivity contribution is -0.384. The zero-order valence-corrected chi connectivity index (χ0v) is 18.6. The highest BCUT2D eigenvalue weighted by atomic mass is 35.5.